The molecule has 1 unspecified atom stereocenters. The van der Waals surface area contributed by atoms with E-state index < -0.39 is 0 Å². The lowest BCUT2D eigenvalue weighted by Gasteiger charge is -2.26. The van der Waals surface area contributed by atoms with Crippen molar-refractivity contribution < 1.29 is 9.53 Å². The van der Waals surface area contributed by atoms with Gasteiger partial charge >= 0.3 is 5.97 Å². The summed E-state index contributed by atoms with van der Waals surface area (Å²) < 4.78 is 5.07. The molecule has 0 aliphatic carbocycles. The number of esters is 1. The number of hydrogen-bond donors (Lipinski definition) is 2. The number of carbonyl (C=O) groups is 1. The SMILES string of the molecule is CC[C@@H](S)C(C)[C@H](CN)OC(C)=O. The molecule has 0 saturated carbocycles. The average molecular weight is 205 g/mol. The Bertz CT molecular complexity index is 164. The van der Waals surface area contributed by atoms with Crippen LogP contribution < -0.4 is 5.73 Å². The first kappa shape index (κ1) is 12.8. The summed E-state index contributed by atoms with van der Waals surface area (Å²) in [6.07, 6.45) is 0.738. The second-order valence-corrected chi connectivity index (χ2v) is 3.88. The van der Waals surface area contributed by atoms with Gasteiger partial charge in [0.1, 0.15) is 6.10 Å². The summed E-state index contributed by atoms with van der Waals surface area (Å²) >= 11 is 4.39. The van der Waals surface area contributed by atoms with E-state index in [9.17, 15) is 4.79 Å². The molecule has 0 rings (SSSR count). The lowest BCUT2D eigenvalue weighted by Crippen LogP contribution is -2.36. The van der Waals surface area contributed by atoms with Crippen LogP contribution in [-0.4, -0.2) is 23.9 Å². The fourth-order valence-corrected chi connectivity index (χ4v) is 1.39. The van der Waals surface area contributed by atoms with Gasteiger partial charge in [-0.2, -0.15) is 12.6 Å². The van der Waals surface area contributed by atoms with Crippen molar-refractivity contribution in [1.82, 2.24) is 0 Å². The number of ether oxygens (including phenoxy) is 1. The standard InChI is InChI=1S/C9H19NO2S/c1-4-9(13)6(2)8(5-10)12-7(3)11/h6,8-9,13H,4-5,10H2,1-3H3/t6?,8-,9+/m0/s1. The second kappa shape index (κ2) is 6.27. The molecule has 3 atom stereocenters. The normalized spacial score (nSPS) is 17.6. The Labute approximate surface area is 85.4 Å². The highest BCUT2D eigenvalue weighted by Gasteiger charge is 2.23. The molecule has 0 fully saturated rings. The van der Waals surface area contributed by atoms with Crippen LogP contribution in [-0.2, 0) is 9.53 Å². The Hall–Kier alpha value is -0.220. The van der Waals surface area contributed by atoms with Crippen molar-refractivity contribution in [2.75, 3.05) is 6.54 Å². The minimum absolute atomic E-state index is 0.197. The number of thiol groups is 1. The molecule has 0 aliphatic heterocycles. The number of nitrogens with two attached hydrogens (primary N) is 1. The molecule has 0 bridgehead atoms. The van der Waals surface area contributed by atoms with E-state index in [0.717, 1.165) is 6.42 Å². The van der Waals surface area contributed by atoms with E-state index in [1.165, 1.54) is 6.92 Å². The van der Waals surface area contributed by atoms with E-state index in [-0.39, 0.29) is 23.2 Å². The van der Waals surface area contributed by atoms with Gasteiger partial charge in [0.25, 0.3) is 0 Å². The fourth-order valence-electron chi connectivity index (χ4n) is 1.20. The predicted molar refractivity (Wildman–Crippen MR) is 56.8 cm³/mol. The van der Waals surface area contributed by atoms with Crippen molar-refractivity contribution in [2.45, 2.75) is 38.5 Å². The molecule has 13 heavy (non-hydrogen) atoms. The molecule has 4 heteroatoms. The smallest absolute Gasteiger partial charge is 0.302 e. The molecule has 2 N–H and O–H groups in total. The van der Waals surface area contributed by atoms with Crippen LogP contribution in [0.3, 0.4) is 0 Å². The van der Waals surface area contributed by atoms with Crippen molar-refractivity contribution >= 4 is 18.6 Å². The monoisotopic (exact) mass is 205 g/mol. The van der Waals surface area contributed by atoms with Gasteiger partial charge in [-0.15, -0.1) is 0 Å². The molecule has 0 aromatic heterocycles. The van der Waals surface area contributed by atoms with Crippen molar-refractivity contribution in [3.8, 4) is 0 Å². The summed E-state index contributed by atoms with van der Waals surface area (Å²) in [7, 11) is 0. The molecule has 0 aromatic rings. The highest BCUT2D eigenvalue weighted by Crippen LogP contribution is 2.19. The maximum atomic E-state index is 10.7. The van der Waals surface area contributed by atoms with E-state index in [4.69, 9.17) is 10.5 Å². The summed E-state index contributed by atoms with van der Waals surface area (Å²) in [4.78, 5) is 10.7. The van der Waals surface area contributed by atoms with Gasteiger partial charge in [-0.3, -0.25) is 4.79 Å². The highest BCUT2D eigenvalue weighted by molar-refractivity contribution is 7.81. The number of hydrogen-bond acceptors (Lipinski definition) is 4. The molecule has 0 aliphatic rings. The van der Waals surface area contributed by atoms with Crippen molar-refractivity contribution in [3.63, 3.8) is 0 Å². The van der Waals surface area contributed by atoms with E-state index >= 15 is 0 Å². The first-order valence-electron chi connectivity index (χ1n) is 4.58. The summed E-state index contributed by atoms with van der Waals surface area (Å²) in [5.41, 5.74) is 5.50. The second-order valence-electron chi connectivity index (χ2n) is 3.22. The zero-order valence-corrected chi connectivity index (χ0v) is 9.38. The van der Waals surface area contributed by atoms with Crippen LogP contribution in [0.2, 0.25) is 0 Å². The van der Waals surface area contributed by atoms with Crippen LogP contribution in [0.5, 0.6) is 0 Å². The number of rotatable bonds is 5. The van der Waals surface area contributed by atoms with Crippen LogP contribution in [0.25, 0.3) is 0 Å². The molecule has 0 spiro atoms. The van der Waals surface area contributed by atoms with Crippen LogP contribution in [0.4, 0.5) is 0 Å². The van der Waals surface area contributed by atoms with Crippen molar-refractivity contribution in [3.05, 3.63) is 0 Å². The Balaban J connectivity index is 4.13. The lowest BCUT2D eigenvalue weighted by molar-refractivity contribution is -0.148. The zero-order chi connectivity index (χ0) is 10.4. The van der Waals surface area contributed by atoms with Crippen molar-refractivity contribution in [1.29, 1.82) is 0 Å². The van der Waals surface area contributed by atoms with E-state index in [1.54, 1.807) is 0 Å². The van der Waals surface area contributed by atoms with Gasteiger partial charge in [-0.25, -0.2) is 0 Å². The Morgan fingerprint density at radius 2 is 2.15 bits per heavy atom. The van der Waals surface area contributed by atoms with Gasteiger partial charge in [0.15, 0.2) is 0 Å². The summed E-state index contributed by atoms with van der Waals surface area (Å²) in [5.74, 6) is -0.0823. The van der Waals surface area contributed by atoms with Gasteiger partial charge < -0.3 is 10.5 Å². The van der Waals surface area contributed by atoms with Gasteiger partial charge in [0.2, 0.25) is 0 Å². The number of carbonyl (C=O) groups excluding carboxylic acids is 1. The summed E-state index contributed by atoms with van der Waals surface area (Å²) in [5, 5.41) is 0.230. The van der Waals surface area contributed by atoms with Gasteiger partial charge in [0.05, 0.1) is 0 Å². The molecule has 0 radical (unpaired) electrons. The third-order valence-electron chi connectivity index (χ3n) is 2.16. The first-order chi connectivity index (χ1) is 6.02. The maximum absolute atomic E-state index is 10.7. The van der Waals surface area contributed by atoms with Crippen LogP contribution in [0.15, 0.2) is 0 Å². The predicted octanol–water partition coefficient (Wildman–Crippen LogP) is 1.22. The Morgan fingerprint density at radius 3 is 2.46 bits per heavy atom. The van der Waals surface area contributed by atoms with Gasteiger partial charge in [-0.1, -0.05) is 13.8 Å². The minimum atomic E-state index is -0.279. The van der Waals surface area contributed by atoms with Crippen LogP contribution in [0, 0.1) is 5.92 Å². The lowest BCUT2D eigenvalue weighted by atomic mass is 9.98. The average Bonchev–Trinajstić information content (AvgIpc) is 2.11. The largest absolute Gasteiger partial charge is 0.461 e. The zero-order valence-electron chi connectivity index (χ0n) is 8.49. The first-order valence-corrected chi connectivity index (χ1v) is 5.09. The Morgan fingerprint density at radius 1 is 1.62 bits per heavy atom. The Kier molecular flexibility index (Phi) is 6.16. The van der Waals surface area contributed by atoms with Crippen LogP contribution in [0.1, 0.15) is 27.2 Å². The molecule has 3 nitrogen and oxygen atoms in total. The molecule has 0 amide bonds. The third-order valence-corrected chi connectivity index (χ3v) is 3.00. The van der Waals surface area contributed by atoms with E-state index in [0.29, 0.717) is 6.54 Å². The fraction of sp³-hybridized carbons (Fsp3) is 0.889. The molecular weight excluding hydrogens is 186 g/mol. The minimum Gasteiger partial charge on any atom is -0.461 e. The van der Waals surface area contributed by atoms with Gasteiger partial charge in [0, 0.05) is 24.6 Å². The quantitative estimate of drug-likeness (QED) is 0.524. The van der Waals surface area contributed by atoms with Gasteiger partial charge in [-0.05, 0) is 6.42 Å². The molecule has 0 saturated heterocycles. The highest BCUT2D eigenvalue weighted by atomic mass is 32.1. The molecule has 78 valence electrons. The molecular formula is C9H19NO2S. The van der Waals surface area contributed by atoms with Crippen molar-refractivity contribution in [2.24, 2.45) is 11.7 Å². The maximum Gasteiger partial charge on any atom is 0.302 e. The van der Waals surface area contributed by atoms with E-state index in [2.05, 4.69) is 19.6 Å². The third kappa shape index (κ3) is 4.52. The summed E-state index contributed by atoms with van der Waals surface area (Å²) in [6.45, 7) is 5.81. The molecule has 0 aromatic carbocycles. The molecule has 0 heterocycles. The van der Waals surface area contributed by atoms with E-state index in [1.807, 2.05) is 6.92 Å². The summed E-state index contributed by atoms with van der Waals surface area (Å²) in [6, 6.07) is 0. The topological polar surface area (TPSA) is 52.3 Å². The van der Waals surface area contributed by atoms with Crippen LogP contribution >= 0.6 is 12.6 Å².